The van der Waals surface area contributed by atoms with Crippen molar-refractivity contribution in [2.75, 3.05) is 20.3 Å². The molecule has 0 radical (unpaired) electrons. The molecule has 2 aliphatic heterocycles. The van der Waals surface area contributed by atoms with E-state index in [1.807, 2.05) is 0 Å². The average molecular weight is 490 g/mol. The van der Waals surface area contributed by atoms with Crippen molar-refractivity contribution >= 4 is 23.1 Å². The molecule has 0 spiro atoms. The lowest BCUT2D eigenvalue weighted by molar-refractivity contribution is -0.142. The number of aliphatic carboxylic acids is 1. The van der Waals surface area contributed by atoms with Gasteiger partial charge >= 0.3 is 12.1 Å². The Morgan fingerprint density at radius 3 is 2.69 bits per heavy atom. The van der Waals surface area contributed by atoms with Gasteiger partial charge in [-0.15, -0.1) is 0 Å². The Morgan fingerprint density at radius 2 is 1.92 bits per heavy atom. The van der Waals surface area contributed by atoms with Crippen LogP contribution in [-0.4, -0.2) is 51.9 Å². The second-order valence-corrected chi connectivity index (χ2v) is 10.2. The minimum atomic E-state index is -0.697. The SMILES string of the molecule is COC(=O)N1CCc2ccc3c(nc(C4CCC(C(=O)O)CC4)n3Cc3ccc4c(c3)OCC4)c2C1. The Balaban J connectivity index is 1.41. The number of rotatable bonds is 4. The Kier molecular flexibility index (Phi) is 5.82. The van der Waals surface area contributed by atoms with Crippen LogP contribution in [0.4, 0.5) is 4.79 Å². The van der Waals surface area contributed by atoms with Crippen molar-refractivity contribution in [2.24, 2.45) is 5.92 Å². The highest BCUT2D eigenvalue weighted by atomic mass is 16.5. The van der Waals surface area contributed by atoms with Crippen molar-refractivity contribution in [1.82, 2.24) is 14.5 Å². The van der Waals surface area contributed by atoms with Gasteiger partial charge in [-0.2, -0.15) is 0 Å². The molecule has 3 aliphatic rings. The first kappa shape index (κ1) is 22.9. The highest BCUT2D eigenvalue weighted by Gasteiger charge is 2.31. The van der Waals surface area contributed by atoms with E-state index in [-0.39, 0.29) is 17.9 Å². The van der Waals surface area contributed by atoms with Crippen LogP contribution in [0.3, 0.4) is 0 Å². The molecule has 1 N–H and O–H groups in total. The maximum absolute atomic E-state index is 12.3. The lowest BCUT2D eigenvalue weighted by Gasteiger charge is -2.27. The molecule has 0 unspecified atom stereocenters. The summed E-state index contributed by atoms with van der Waals surface area (Å²) in [6.45, 7) is 2.51. The molecule has 1 aromatic heterocycles. The molecule has 6 rings (SSSR count). The topological polar surface area (TPSA) is 93.9 Å². The van der Waals surface area contributed by atoms with Crippen LogP contribution in [0.5, 0.6) is 5.75 Å². The Hall–Kier alpha value is -3.55. The minimum absolute atomic E-state index is 0.203. The van der Waals surface area contributed by atoms with Crippen molar-refractivity contribution in [2.45, 2.75) is 57.5 Å². The molecule has 1 fully saturated rings. The van der Waals surface area contributed by atoms with Crippen molar-refractivity contribution in [1.29, 1.82) is 0 Å². The zero-order valence-electron chi connectivity index (χ0n) is 20.5. The van der Waals surface area contributed by atoms with Gasteiger partial charge in [-0.05, 0) is 60.9 Å². The number of fused-ring (bicyclic) bond motifs is 4. The Bertz CT molecular complexity index is 1340. The van der Waals surface area contributed by atoms with E-state index in [0.29, 0.717) is 32.5 Å². The quantitative estimate of drug-likeness (QED) is 0.580. The van der Waals surface area contributed by atoms with Gasteiger partial charge in [0.05, 0.1) is 37.2 Å². The summed E-state index contributed by atoms with van der Waals surface area (Å²) in [7, 11) is 1.42. The summed E-state index contributed by atoms with van der Waals surface area (Å²) in [6, 6.07) is 10.8. The van der Waals surface area contributed by atoms with Gasteiger partial charge in [0, 0.05) is 31.0 Å². The molecular formula is C28H31N3O5. The first-order chi connectivity index (χ1) is 17.5. The predicted molar refractivity (Wildman–Crippen MR) is 133 cm³/mol. The first-order valence-electron chi connectivity index (χ1n) is 12.8. The van der Waals surface area contributed by atoms with Crippen LogP contribution in [0.15, 0.2) is 30.3 Å². The standard InChI is InChI=1S/C28H31N3O5/c1-35-28(34)30-12-10-18-8-9-23-25(22(18)16-30)29-26(20-4-6-21(7-5-20)27(32)33)31(23)15-17-2-3-19-11-13-36-24(19)14-17/h2-3,8-9,14,20-21H,4-7,10-13,15-16H2,1H3,(H,32,33). The number of imidazole rings is 1. The second-order valence-electron chi connectivity index (χ2n) is 10.2. The highest BCUT2D eigenvalue weighted by molar-refractivity contribution is 5.82. The molecule has 0 bridgehead atoms. The molecular weight excluding hydrogens is 458 g/mol. The van der Waals surface area contributed by atoms with Crippen LogP contribution in [0, 0.1) is 5.92 Å². The second kappa shape index (κ2) is 9.15. The molecule has 3 heterocycles. The summed E-state index contributed by atoms with van der Waals surface area (Å²) in [5, 5.41) is 9.48. The monoisotopic (exact) mass is 489 g/mol. The number of ether oxygens (including phenoxy) is 2. The van der Waals surface area contributed by atoms with E-state index in [9.17, 15) is 14.7 Å². The largest absolute Gasteiger partial charge is 0.493 e. The third-order valence-electron chi connectivity index (χ3n) is 8.13. The van der Waals surface area contributed by atoms with Gasteiger partial charge in [-0.1, -0.05) is 18.2 Å². The van der Waals surface area contributed by atoms with Crippen LogP contribution in [0.25, 0.3) is 11.0 Å². The van der Waals surface area contributed by atoms with Gasteiger partial charge in [-0.3, -0.25) is 4.79 Å². The smallest absolute Gasteiger partial charge is 0.409 e. The summed E-state index contributed by atoms with van der Waals surface area (Å²) < 4.78 is 13.1. The number of benzene rings is 2. The summed E-state index contributed by atoms with van der Waals surface area (Å²) in [5.41, 5.74) is 6.70. The molecule has 8 heteroatoms. The fraction of sp³-hybridized carbons (Fsp3) is 0.464. The van der Waals surface area contributed by atoms with Crippen molar-refractivity contribution in [3.8, 4) is 5.75 Å². The van der Waals surface area contributed by atoms with Crippen molar-refractivity contribution in [3.05, 3.63) is 58.4 Å². The van der Waals surface area contributed by atoms with E-state index >= 15 is 0 Å². The van der Waals surface area contributed by atoms with Crippen LogP contribution in [-0.2, 0) is 35.5 Å². The average Bonchev–Trinajstić information content (AvgIpc) is 3.52. The number of nitrogens with zero attached hydrogens (tertiary/aromatic N) is 3. The zero-order valence-corrected chi connectivity index (χ0v) is 20.5. The van der Waals surface area contributed by atoms with Crippen LogP contribution >= 0.6 is 0 Å². The van der Waals surface area contributed by atoms with E-state index in [0.717, 1.165) is 66.0 Å². The number of aromatic nitrogens is 2. The Labute approximate surface area is 209 Å². The van der Waals surface area contributed by atoms with Gasteiger partial charge in [0.15, 0.2) is 0 Å². The van der Waals surface area contributed by atoms with Gasteiger partial charge in [0.2, 0.25) is 0 Å². The summed E-state index contributed by atoms with van der Waals surface area (Å²) in [6.07, 6.45) is 4.36. The van der Waals surface area contributed by atoms with Crippen LogP contribution in [0.1, 0.15) is 59.7 Å². The summed E-state index contributed by atoms with van der Waals surface area (Å²) in [4.78, 5) is 30.8. The molecule has 0 saturated heterocycles. The number of hydrogen-bond donors (Lipinski definition) is 1. The van der Waals surface area contributed by atoms with Gasteiger partial charge < -0.3 is 24.0 Å². The van der Waals surface area contributed by atoms with E-state index < -0.39 is 5.97 Å². The first-order valence-corrected chi connectivity index (χ1v) is 12.8. The maximum Gasteiger partial charge on any atom is 0.409 e. The lowest BCUT2D eigenvalue weighted by Crippen LogP contribution is -2.35. The third-order valence-corrected chi connectivity index (χ3v) is 8.13. The molecule has 1 saturated carbocycles. The number of carboxylic acid groups (broad SMARTS) is 1. The lowest BCUT2D eigenvalue weighted by atomic mass is 9.81. The molecule has 2 aromatic carbocycles. The third kappa shape index (κ3) is 3.98. The zero-order chi connectivity index (χ0) is 24.8. The maximum atomic E-state index is 12.3. The van der Waals surface area contributed by atoms with Crippen molar-refractivity contribution in [3.63, 3.8) is 0 Å². The van der Waals surface area contributed by atoms with Gasteiger partial charge in [0.25, 0.3) is 0 Å². The molecule has 8 nitrogen and oxygen atoms in total. The van der Waals surface area contributed by atoms with E-state index in [2.05, 4.69) is 34.9 Å². The molecule has 0 atom stereocenters. The van der Waals surface area contributed by atoms with Crippen LogP contribution < -0.4 is 4.74 Å². The van der Waals surface area contributed by atoms with Crippen molar-refractivity contribution < 1.29 is 24.2 Å². The van der Waals surface area contributed by atoms with E-state index in [4.69, 9.17) is 14.5 Å². The number of hydrogen-bond acceptors (Lipinski definition) is 5. The predicted octanol–water partition coefficient (Wildman–Crippen LogP) is 4.50. The number of carbonyl (C=O) groups is 2. The highest BCUT2D eigenvalue weighted by Crippen LogP contribution is 2.39. The number of carboxylic acids is 1. The van der Waals surface area contributed by atoms with Gasteiger partial charge in [-0.25, -0.2) is 9.78 Å². The number of carbonyl (C=O) groups excluding carboxylic acids is 1. The normalized spacial score (nSPS) is 21.1. The van der Waals surface area contributed by atoms with Gasteiger partial charge in [0.1, 0.15) is 11.6 Å². The number of methoxy groups -OCH3 is 1. The summed E-state index contributed by atoms with van der Waals surface area (Å²) in [5.74, 6) is 1.21. The van der Waals surface area contributed by atoms with E-state index in [1.54, 1.807) is 4.90 Å². The molecule has 3 aromatic rings. The molecule has 36 heavy (non-hydrogen) atoms. The fourth-order valence-electron chi connectivity index (χ4n) is 6.10. The molecule has 1 aliphatic carbocycles. The summed E-state index contributed by atoms with van der Waals surface area (Å²) >= 11 is 0. The Morgan fingerprint density at radius 1 is 1.11 bits per heavy atom. The minimum Gasteiger partial charge on any atom is -0.493 e. The number of amides is 1. The molecule has 188 valence electrons. The van der Waals surface area contributed by atoms with E-state index in [1.165, 1.54) is 18.2 Å². The van der Waals surface area contributed by atoms with Crippen LogP contribution in [0.2, 0.25) is 0 Å². The molecule has 1 amide bonds. The fourth-order valence-corrected chi connectivity index (χ4v) is 6.10.